The molecule has 1 aliphatic heterocycles. The van der Waals surface area contributed by atoms with Crippen molar-refractivity contribution in [3.63, 3.8) is 0 Å². The van der Waals surface area contributed by atoms with Crippen LogP contribution in [-0.2, 0) is 18.3 Å². The van der Waals surface area contributed by atoms with Crippen molar-refractivity contribution in [1.82, 2.24) is 30.2 Å². The van der Waals surface area contributed by atoms with Crippen LogP contribution in [0.25, 0.3) is 0 Å². The van der Waals surface area contributed by atoms with Crippen molar-refractivity contribution in [2.45, 2.75) is 25.7 Å². The number of rotatable bonds is 3. The Balaban J connectivity index is 1.73. The van der Waals surface area contributed by atoms with Gasteiger partial charge in [-0.25, -0.2) is 4.98 Å². The summed E-state index contributed by atoms with van der Waals surface area (Å²) in [4.78, 5) is 19.9. The van der Waals surface area contributed by atoms with E-state index >= 15 is 0 Å². The Morgan fingerprint density at radius 3 is 3.10 bits per heavy atom. The summed E-state index contributed by atoms with van der Waals surface area (Å²) in [6.45, 7) is 2.57. The van der Waals surface area contributed by atoms with Crippen LogP contribution in [0.1, 0.15) is 36.8 Å². The third-order valence-electron chi connectivity index (χ3n) is 3.64. The summed E-state index contributed by atoms with van der Waals surface area (Å²) in [7, 11) is 1.82. The van der Waals surface area contributed by atoms with E-state index in [0.29, 0.717) is 31.1 Å². The fourth-order valence-electron chi connectivity index (χ4n) is 2.37. The van der Waals surface area contributed by atoms with E-state index in [1.165, 1.54) is 6.33 Å². The number of piperidine rings is 1. The average Bonchev–Trinajstić information content (AvgIpc) is 3.00. The second kappa shape index (κ2) is 5.03. The molecular formula is C12H16N6O2. The highest BCUT2D eigenvalue weighted by Gasteiger charge is 2.31. The molecule has 2 atom stereocenters. The van der Waals surface area contributed by atoms with Crippen LogP contribution in [0.15, 0.2) is 10.9 Å². The predicted molar refractivity (Wildman–Crippen MR) is 67.6 cm³/mol. The SMILES string of the molecule is C[C@H]1CC(=O)NC[C@H]1c1nc(Cc2ncnn2C)no1. The van der Waals surface area contributed by atoms with Crippen LogP contribution in [0.5, 0.6) is 0 Å². The number of nitrogens with one attached hydrogen (secondary N) is 1. The van der Waals surface area contributed by atoms with Crippen molar-refractivity contribution in [2.75, 3.05) is 6.54 Å². The number of hydrogen-bond acceptors (Lipinski definition) is 6. The zero-order valence-electron chi connectivity index (χ0n) is 11.4. The second-order valence-corrected chi connectivity index (χ2v) is 5.12. The van der Waals surface area contributed by atoms with Crippen molar-refractivity contribution in [2.24, 2.45) is 13.0 Å². The third-order valence-corrected chi connectivity index (χ3v) is 3.64. The van der Waals surface area contributed by atoms with E-state index in [1.807, 2.05) is 14.0 Å². The Morgan fingerprint density at radius 2 is 2.40 bits per heavy atom. The van der Waals surface area contributed by atoms with E-state index in [4.69, 9.17) is 4.52 Å². The minimum atomic E-state index is 0.0765. The molecule has 0 spiro atoms. The zero-order valence-corrected chi connectivity index (χ0v) is 11.4. The monoisotopic (exact) mass is 276 g/mol. The Bertz CT molecular complexity index is 619. The van der Waals surface area contributed by atoms with Gasteiger partial charge in [0.2, 0.25) is 11.8 Å². The number of aromatic nitrogens is 5. The van der Waals surface area contributed by atoms with Gasteiger partial charge in [-0.2, -0.15) is 10.1 Å². The summed E-state index contributed by atoms with van der Waals surface area (Å²) in [5.41, 5.74) is 0. The Morgan fingerprint density at radius 1 is 1.55 bits per heavy atom. The molecule has 2 aromatic rings. The van der Waals surface area contributed by atoms with Gasteiger partial charge in [-0.1, -0.05) is 12.1 Å². The van der Waals surface area contributed by atoms with Crippen LogP contribution in [0.4, 0.5) is 0 Å². The normalized spacial score (nSPS) is 22.8. The van der Waals surface area contributed by atoms with Crippen molar-refractivity contribution in [1.29, 1.82) is 0 Å². The molecule has 3 rings (SSSR count). The largest absolute Gasteiger partial charge is 0.355 e. The lowest BCUT2D eigenvalue weighted by Crippen LogP contribution is -2.38. The first kappa shape index (κ1) is 12.8. The lowest BCUT2D eigenvalue weighted by atomic mass is 9.87. The molecule has 8 nitrogen and oxygen atoms in total. The molecule has 1 amide bonds. The van der Waals surface area contributed by atoms with E-state index < -0.39 is 0 Å². The van der Waals surface area contributed by atoms with E-state index in [9.17, 15) is 4.79 Å². The van der Waals surface area contributed by atoms with Crippen molar-refractivity contribution in [3.05, 3.63) is 23.9 Å². The molecule has 2 aromatic heterocycles. The molecule has 3 heterocycles. The zero-order chi connectivity index (χ0) is 14.1. The molecule has 0 radical (unpaired) electrons. The highest BCUT2D eigenvalue weighted by molar-refractivity contribution is 5.77. The molecule has 106 valence electrons. The summed E-state index contributed by atoms with van der Waals surface area (Å²) in [5, 5.41) is 10.8. The van der Waals surface area contributed by atoms with Crippen LogP contribution in [0, 0.1) is 5.92 Å². The Hall–Kier alpha value is -2.25. The molecular weight excluding hydrogens is 260 g/mol. The first-order chi connectivity index (χ1) is 9.63. The van der Waals surface area contributed by atoms with Gasteiger partial charge in [-0.05, 0) is 5.92 Å². The van der Waals surface area contributed by atoms with Gasteiger partial charge in [-0.3, -0.25) is 9.48 Å². The summed E-state index contributed by atoms with van der Waals surface area (Å²) in [6, 6.07) is 0. The standard InChI is InChI=1S/C12H16N6O2/c1-7-3-11(19)13-5-8(7)12-16-9(17-20-12)4-10-14-6-15-18(10)2/h6-8H,3-5H2,1-2H3,(H,13,19)/t7-,8+/m0/s1. The van der Waals surface area contributed by atoms with Gasteiger partial charge in [0, 0.05) is 20.0 Å². The van der Waals surface area contributed by atoms with Crippen LogP contribution in [-0.4, -0.2) is 37.4 Å². The predicted octanol–water partition coefficient (Wildman–Crippen LogP) is 0.0285. The second-order valence-electron chi connectivity index (χ2n) is 5.12. The fraction of sp³-hybridized carbons (Fsp3) is 0.583. The summed E-state index contributed by atoms with van der Waals surface area (Å²) < 4.78 is 7.01. The molecule has 1 N–H and O–H groups in total. The molecule has 20 heavy (non-hydrogen) atoms. The molecule has 1 aliphatic rings. The fourth-order valence-corrected chi connectivity index (χ4v) is 2.37. The maximum Gasteiger partial charge on any atom is 0.231 e. The lowest BCUT2D eigenvalue weighted by Gasteiger charge is -2.25. The number of carbonyl (C=O) groups excluding carboxylic acids is 1. The summed E-state index contributed by atoms with van der Waals surface area (Å²) in [5.74, 6) is 2.30. The lowest BCUT2D eigenvalue weighted by molar-refractivity contribution is -0.123. The van der Waals surface area contributed by atoms with Crippen molar-refractivity contribution < 1.29 is 9.32 Å². The molecule has 0 saturated carbocycles. The van der Waals surface area contributed by atoms with Gasteiger partial charge in [0.25, 0.3) is 0 Å². The van der Waals surface area contributed by atoms with E-state index in [2.05, 4.69) is 25.5 Å². The van der Waals surface area contributed by atoms with Gasteiger partial charge < -0.3 is 9.84 Å². The molecule has 0 aromatic carbocycles. The number of hydrogen-bond donors (Lipinski definition) is 1. The van der Waals surface area contributed by atoms with Crippen LogP contribution >= 0.6 is 0 Å². The quantitative estimate of drug-likeness (QED) is 0.849. The molecule has 1 fully saturated rings. The topological polar surface area (TPSA) is 98.7 Å². The Kier molecular flexibility index (Phi) is 3.21. The molecule has 1 saturated heterocycles. The minimum absolute atomic E-state index is 0.0765. The maximum atomic E-state index is 11.3. The van der Waals surface area contributed by atoms with E-state index in [-0.39, 0.29) is 17.7 Å². The van der Waals surface area contributed by atoms with Gasteiger partial charge in [0.1, 0.15) is 12.2 Å². The van der Waals surface area contributed by atoms with Gasteiger partial charge in [0.05, 0.1) is 12.3 Å². The Labute approximate surface area is 115 Å². The van der Waals surface area contributed by atoms with Crippen LogP contribution in [0.3, 0.4) is 0 Å². The highest BCUT2D eigenvalue weighted by atomic mass is 16.5. The van der Waals surface area contributed by atoms with Crippen LogP contribution < -0.4 is 5.32 Å². The first-order valence-corrected chi connectivity index (χ1v) is 6.55. The van der Waals surface area contributed by atoms with Gasteiger partial charge >= 0.3 is 0 Å². The molecule has 8 heteroatoms. The highest BCUT2D eigenvalue weighted by Crippen LogP contribution is 2.28. The average molecular weight is 276 g/mol. The summed E-state index contributed by atoms with van der Waals surface area (Å²) >= 11 is 0. The van der Waals surface area contributed by atoms with Crippen molar-refractivity contribution >= 4 is 5.91 Å². The van der Waals surface area contributed by atoms with Gasteiger partial charge in [-0.15, -0.1) is 0 Å². The van der Waals surface area contributed by atoms with E-state index in [0.717, 1.165) is 5.82 Å². The number of carbonyl (C=O) groups is 1. The first-order valence-electron chi connectivity index (χ1n) is 6.55. The molecule has 0 unspecified atom stereocenters. The summed E-state index contributed by atoms with van der Waals surface area (Å²) in [6.07, 6.45) is 2.47. The number of nitrogens with zero attached hydrogens (tertiary/aromatic N) is 5. The molecule has 0 bridgehead atoms. The number of aryl methyl sites for hydroxylation is 1. The van der Waals surface area contributed by atoms with Crippen LogP contribution in [0.2, 0.25) is 0 Å². The maximum absolute atomic E-state index is 11.3. The molecule has 0 aliphatic carbocycles. The van der Waals surface area contributed by atoms with E-state index in [1.54, 1.807) is 4.68 Å². The van der Waals surface area contributed by atoms with Crippen molar-refractivity contribution in [3.8, 4) is 0 Å². The van der Waals surface area contributed by atoms with Gasteiger partial charge in [0.15, 0.2) is 5.82 Å². The minimum Gasteiger partial charge on any atom is -0.355 e. The number of amides is 1. The smallest absolute Gasteiger partial charge is 0.231 e. The third kappa shape index (κ3) is 2.40.